The van der Waals surface area contributed by atoms with Crippen molar-refractivity contribution in [2.75, 3.05) is 4.90 Å². The fourth-order valence-corrected chi connectivity index (χ4v) is 4.62. The summed E-state index contributed by atoms with van der Waals surface area (Å²) in [5.41, 5.74) is 2.69. The normalized spacial score (nSPS) is 27.2. The number of allylic oxidation sites excluding steroid dienone is 1. The topological polar surface area (TPSA) is 7.12 Å². The Morgan fingerprint density at radius 2 is 1.88 bits per heavy atom. The lowest BCUT2D eigenvalue weighted by Crippen LogP contribution is -2.73. The molecule has 2 nitrogen and oxygen atoms in total. The lowest BCUT2D eigenvalue weighted by atomic mass is 9.53. The van der Waals surface area contributed by atoms with Gasteiger partial charge in [0.15, 0.2) is 7.28 Å². The van der Waals surface area contributed by atoms with Gasteiger partial charge in [-0.3, -0.25) is 0 Å². The summed E-state index contributed by atoms with van der Waals surface area (Å²) >= 11 is 0. The number of rotatable bonds is 1. The molecule has 0 N–H and O–H groups in total. The molecule has 2 aliphatic rings. The van der Waals surface area contributed by atoms with E-state index in [1.165, 1.54) is 17.0 Å². The smallest absolute Gasteiger partial charge is 0.228 e. The fraction of sp³-hybridized carbons (Fsp3) is 0.381. The lowest BCUT2D eigenvalue weighted by molar-refractivity contribution is -0.765. The summed E-state index contributed by atoms with van der Waals surface area (Å²) in [6.07, 6.45) is 7.93. The molecule has 2 aromatic rings. The van der Waals surface area contributed by atoms with Crippen molar-refractivity contribution in [2.24, 2.45) is 5.41 Å². The monoisotopic (exact) mass is 316 g/mol. The zero-order valence-electron chi connectivity index (χ0n) is 15.0. The van der Waals surface area contributed by atoms with Crippen molar-refractivity contribution in [3.8, 4) is 0 Å². The third-order valence-electron chi connectivity index (χ3n) is 6.28. The number of hydrogen-bond acceptors (Lipinski definition) is 1. The number of fused-ring (bicyclic) bond motifs is 5. The molecule has 3 heterocycles. The van der Waals surface area contributed by atoms with Crippen molar-refractivity contribution in [2.45, 2.75) is 45.6 Å². The molecular weight excluding hydrogens is 291 g/mol. The highest BCUT2D eigenvalue weighted by atomic mass is 15.3. The van der Waals surface area contributed by atoms with E-state index in [1.54, 1.807) is 0 Å². The summed E-state index contributed by atoms with van der Waals surface area (Å²) in [6.45, 7) is 9.29. The van der Waals surface area contributed by atoms with Gasteiger partial charge >= 0.3 is 0 Å². The summed E-state index contributed by atoms with van der Waals surface area (Å²) in [5, 5.41) is 0. The molecule has 0 spiro atoms. The minimum absolute atomic E-state index is 0.00259. The van der Waals surface area contributed by atoms with Crippen LogP contribution in [-0.2, 0) is 5.54 Å². The predicted octanol–water partition coefficient (Wildman–Crippen LogP) is 3.57. The van der Waals surface area contributed by atoms with Crippen LogP contribution < -0.4 is 14.9 Å². The maximum absolute atomic E-state index is 2.56. The van der Waals surface area contributed by atoms with Crippen molar-refractivity contribution < 1.29 is 4.57 Å². The van der Waals surface area contributed by atoms with Crippen molar-refractivity contribution >= 4 is 24.2 Å². The fourth-order valence-electron chi connectivity index (χ4n) is 4.62. The Hall–Kier alpha value is -2.03. The third-order valence-corrected chi connectivity index (χ3v) is 6.28. The van der Waals surface area contributed by atoms with Gasteiger partial charge in [-0.2, -0.15) is 0 Å². The van der Waals surface area contributed by atoms with Gasteiger partial charge in [-0.1, -0.05) is 36.4 Å². The second-order valence-corrected chi connectivity index (χ2v) is 7.65. The van der Waals surface area contributed by atoms with Crippen LogP contribution in [0.3, 0.4) is 0 Å². The van der Waals surface area contributed by atoms with E-state index in [4.69, 9.17) is 0 Å². The van der Waals surface area contributed by atoms with E-state index in [2.05, 4.69) is 105 Å². The first-order chi connectivity index (χ1) is 11.5. The summed E-state index contributed by atoms with van der Waals surface area (Å²) in [4.78, 5) is 2.56. The largest absolute Gasteiger partial charge is 0.282 e. The number of para-hydroxylation sites is 1. The molecule has 4 rings (SSSR count). The van der Waals surface area contributed by atoms with E-state index in [-0.39, 0.29) is 11.0 Å². The van der Waals surface area contributed by atoms with E-state index in [0.29, 0.717) is 6.04 Å². The standard InChI is InChI=1S/C21H25BN2/c1-5-13-21(4)18-15-22-16-10-6-7-11-17(16)24(18)19-12-8-9-14-23(19)20(21,2)3/h5-14,18H,15H2,1-4H3/q+1. The van der Waals surface area contributed by atoms with Crippen LogP contribution in [0.25, 0.3) is 0 Å². The van der Waals surface area contributed by atoms with Crippen LogP contribution in [0.15, 0.2) is 60.8 Å². The van der Waals surface area contributed by atoms with Gasteiger partial charge in [-0.25, -0.2) is 9.47 Å². The minimum atomic E-state index is -0.00259. The molecule has 2 atom stereocenters. The van der Waals surface area contributed by atoms with E-state index in [0.717, 1.165) is 6.32 Å². The van der Waals surface area contributed by atoms with Crippen LogP contribution in [-0.4, -0.2) is 13.3 Å². The summed E-state index contributed by atoms with van der Waals surface area (Å²) in [5.74, 6) is 1.29. The van der Waals surface area contributed by atoms with Crippen molar-refractivity contribution in [3.63, 3.8) is 0 Å². The zero-order chi connectivity index (χ0) is 16.9. The van der Waals surface area contributed by atoms with Gasteiger partial charge in [0, 0.05) is 6.07 Å². The number of aromatic nitrogens is 1. The average molecular weight is 316 g/mol. The summed E-state index contributed by atoms with van der Waals surface area (Å²) in [6, 6.07) is 15.7. The van der Waals surface area contributed by atoms with Gasteiger partial charge in [0.2, 0.25) is 0 Å². The van der Waals surface area contributed by atoms with Gasteiger partial charge in [0.25, 0.3) is 5.82 Å². The molecule has 0 fully saturated rings. The Morgan fingerprint density at radius 1 is 1.12 bits per heavy atom. The predicted molar refractivity (Wildman–Crippen MR) is 101 cm³/mol. The first-order valence-corrected chi connectivity index (χ1v) is 8.87. The van der Waals surface area contributed by atoms with E-state index in [9.17, 15) is 0 Å². The maximum Gasteiger partial charge on any atom is 0.282 e. The highest BCUT2D eigenvalue weighted by Crippen LogP contribution is 2.50. The zero-order valence-corrected chi connectivity index (χ0v) is 15.0. The quantitative estimate of drug-likeness (QED) is 0.443. The van der Waals surface area contributed by atoms with E-state index < -0.39 is 0 Å². The molecule has 0 saturated heterocycles. The highest BCUT2D eigenvalue weighted by Gasteiger charge is 2.60. The Balaban J connectivity index is 2.03. The SMILES string of the molecule is CC=CC1(C)C2C[B]c3ccccc3N2c2cccc[n+]2C1(C)C. The number of anilines is 2. The molecule has 121 valence electrons. The van der Waals surface area contributed by atoms with Crippen LogP contribution in [0, 0.1) is 5.41 Å². The van der Waals surface area contributed by atoms with Gasteiger partial charge in [0.1, 0.15) is 17.3 Å². The molecule has 0 bridgehead atoms. The molecule has 0 aliphatic carbocycles. The molecule has 1 radical (unpaired) electrons. The first-order valence-electron chi connectivity index (χ1n) is 8.87. The Kier molecular flexibility index (Phi) is 3.38. The number of pyridine rings is 1. The van der Waals surface area contributed by atoms with Crippen LogP contribution in [0.1, 0.15) is 27.7 Å². The van der Waals surface area contributed by atoms with Crippen LogP contribution in [0.4, 0.5) is 11.5 Å². The average Bonchev–Trinajstić information content (AvgIpc) is 2.60. The second-order valence-electron chi connectivity index (χ2n) is 7.65. The minimum Gasteiger partial charge on any atom is -0.228 e. The van der Waals surface area contributed by atoms with Gasteiger partial charge < -0.3 is 0 Å². The summed E-state index contributed by atoms with van der Waals surface area (Å²) in [7, 11) is 2.41. The molecule has 1 aromatic heterocycles. The maximum atomic E-state index is 2.56. The Morgan fingerprint density at radius 3 is 2.67 bits per heavy atom. The third kappa shape index (κ3) is 1.87. The molecule has 2 unspecified atom stereocenters. The van der Waals surface area contributed by atoms with Gasteiger partial charge in [-0.05, 0) is 51.6 Å². The molecule has 0 amide bonds. The van der Waals surface area contributed by atoms with Gasteiger partial charge in [-0.15, -0.1) is 0 Å². The molecule has 3 heteroatoms. The van der Waals surface area contributed by atoms with Gasteiger partial charge in [0.05, 0.1) is 11.6 Å². The number of hydrogen-bond donors (Lipinski definition) is 0. The van der Waals surface area contributed by atoms with E-state index >= 15 is 0 Å². The lowest BCUT2D eigenvalue weighted by Gasteiger charge is -2.53. The van der Waals surface area contributed by atoms with Crippen LogP contribution in [0.5, 0.6) is 0 Å². The number of benzene rings is 1. The molecular formula is C21H25BN2+. The van der Waals surface area contributed by atoms with E-state index in [1.807, 2.05) is 0 Å². The summed E-state index contributed by atoms with van der Waals surface area (Å²) < 4.78 is 2.45. The molecule has 24 heavy (non-hydrogen) atoms. The molecule has 2 aliphatic heterocycles. The van der Waals surface area contributed by atoms with Crippen molar-refractivity contribution in [1.82, 2.24) is 0 Å². The Labute approximate surface area is 146 Å². The highest BCUT2D eigenvalue weighted by molar-refractivity contribution is 6.56. The molecule has 0 saturated carbocycles. The van der Waals surface area contributed by atoms with Crippen LogP contribution in [0.2, 0.25) is 6.32 Å². The first kappa shape index (κ1) is 15.5. The Bertz CT molecular complexity index is 811. The number of nitrogens with zero attached hydrogens (tertiary/aromatic N) is 2. The van der Waals surface area contributed by atoms with Crippen molar-refractivity contribution in [1.29, 1.82) is 0 Å². The van der Waals surface area contributed by atoms with Crippen molar-refractivity contribution in [3.05, 3.63) is 60.8 Å². The second kappa shape index (κ2) is 5.24. The van der Waals surface area contributed by atoms with Crippen LogP contribution >= 0.6 is 0 Å². The molecule has 1 aromatic carbocycles.